The Labute approximate surface area is 102 Å². The zero-order chi connectivity index (χ0) is 12.1. The zero-order valence-corrected chi connectivity index (χ0v) is 10.1. The lowest BCUT2D eigenvalue weighted by Gasteiger charge is -2.26. The molecular formula is C14H20N2O. The van der Waals surface area contributed by atoms with Gasteiger partial charge in [0.15, 0.2) is 0 Å². The van der Waals surface area contributed by atoms with Gasteiger partial charge in [0.2, 0.25) is 5.91 Å². The summed E-state index contributed by atoms with van der Waals surface area (Å²) in [6, 6.07) is 9.87. The first-order chi connectivity index (χ1) is 8.27. The fraction of sp³-hybridized carbons (Fsp3) is 0.500. The Morgan fingerprint density at radius 3 is 2.76 bits per heavy atom. The summed E-state index contributed by atoms with van der Waals surface area (Å²) in [7, 11) is 0. The van der Waals surface area contributed by atoms with Gasteiger partial charge in [-0.15, -0.1) is 0 Å². The third kappa shape index (κ3) is 3.30. The monoisotopic (exact) mass is 232 g/mol. The predicted molar refractivity (Wildman–Crippen MR) is 68.6 cm³/mol. The molecular weight excluding hydrogens is 212 g/mol. The molecule has 2 unspecified atom stereocenters. The van der Waals surface area contributed by atoms with E-state index < -0.39 is 0 Å². The molecule has 17 heavy (non-hydrogen) atoms. The topological polar surface area (TPSA) is 55.1 Å². The van der Waals surface area contributed by atoms with Crippen LogP contribution in [0.25, 0.3) is 0 Å². The van der Waals surface area contributed by atoms with E-state index in [-0.39, 0.29) is 11.8 Å². The van der Waals surface area contributed by atoms with Crippen LogP contribution in [0.4, 0.5) is 0 Å². The summed E-state index contributed by atoms with van der Waals surface area (Å²) in [5.41, 5.74) is 6.57. The van der Waals surface area contributed by atoms with Crippen molar-refractivity contribution < 1.29 is 4.79 Å². The number of amides is 1. The van der Waals surface area contributed by atoms with E-state index in [4.69, 9.17) is 5.73 Å². The van der Waals surface area contributed by atoms with Gasteiger partial charge in [-0.2, -0.15) is 0 Å². The Morgan fingerprint density at radius 1 is 1.41 bits per heavy atom. The Hall–Kier alpha value is -1.35. The van der Waals surface area contributed by atoms with Gasteiger partial charge in [0.25, 0.3) is 0 Å². The number of carbonyl (C=O) groups excluding carboxylic acids is 1. The Kier molecular flexibility index (Phi) is 4.15. The Morgan fingerprint density at radius 2 is 2.18 bits per heavy atom. The lowest BCUT2D eigenvalue weighted by Crippen LogP contribution is -2.33. The molecule has 1 heterocycles. The van der Waals surface area contributed by atoms with Crippen molar-refractivity contribution in [1.82, 2.24) is 5.32 Å². The van der Waals surface area contributed by atoms with E-state index in [1.165, 1.54) is 12.8 Å². The standard InChI is InChI=1S/C14H20N2O/c15-14(17)13(12-6-2-1-3-7-12)9-11-5-4-8-16-10-11/h1-3,6-7,11,13,16H,4-5,8-10H2,(H2,15,17). The van der Waals surface area contributed by atoms with E-state index in [0.29, 0.717) is 5.92 Å². The van der Waals surface area contributed by atoms with Crippen LogP contribution in [0.5, 0.6) is 0 Å². The van der Waals surface area contributed by atoms with E-state index in [1.807, 2.05) is 30.3 Å². The first-order valence-electron chi connectivity index (χ1n) is 6.32. The van der Waals surface area contributed by atoms with Crippen LogP contribution in [-0.4, -0.2) is 19.0 Å². The average Bonchev–Trinajstić information content (AvgIpc) is 2.38. The van der Waals surface area contributed by atoms with Crippen molar-refractivity contribution in [2.24, 2.45) is 11.7 Å². The van der Waals surface area contributed by atoms with Crippen molar-refractivity contribution in [3.8, 4) is 0 Å². The van der Waals surface area contributed by atoms with Crippen LogP contribution in [0.2, 0.25) is 0 Å². The number of nitrogens with one attached hydrogen (secondary N) is 1. The Bertz CT molecular complexity index is 358. The van der Waals surface area contributed by atoms with Crippen LogP contribution < -0.4 is 11.1 Å². The van der Waals surface area contributed by atoms with Crippen LogP contribution in [0.15, 0.2) is 30.3 Å². The predicted octanol–water partition coefficient (Wildman–Crippen LogP) is 1.65. The highest BCUT2D eigenvalue weighted by atomic mass is 16.1. The molecule has 3 heteroatoms. The van der Waals surface area contributed by atoms with Gasteiger partial charge >= 0.3 is 0 Å². The molecule has 1 aliphatic rings. The molecule has 2 atom stereocenters. The van der Waals surface area contributed by atoms with Gasteiger partial charge in [0, 0.05) is 0 Å². The van der Waals surface area contributed by atoms with E-state index in [0.717, 1.165) is 25.1 Å². The molecule has 0 spiro atoms. The van der Waals surface area contributed by atoms with E-state index >= 15 is 0 Å². The van der Waals surface area contributed by atoms with Crippen molar-refractivity contribution >= 4 is 5.91 Å². The summed E-state index contributed by atoms with van der Waals surface area (Å²) >= 11 is 0. The maximum absolute atomic E-state index is 11.6. The maximum atomic E-state index is 11.6. The molecule has 0 saturated carbocycles. The molecule has 92 valence electrons. The van der Waals surface area contributed by atoms with Gasteiger partial charge in [-0.1, -0.05) is 30.3 Å². The lowest BCUT2D eigenvalue weighted by atomic mass is 9.85. The van der Waals surface area contributed by atoms with Crippen LogP contribution in [0.3, 0.4) is 0 Å². The molecule has 1 aromatic rings. The van der Waals surface area contributed by atoms with Gasteiger partial charge < -0.3 is 11.1 Å². The van der Waals surface area contributed by atoms with Crippen molar-refractivity contribution in [3.05, 3.63) is 35.9 Å². The Balaban J connectivity index is 2.05. The number of hydrogen-bond donors (Lipinski definition) is 2. The highest BCUT2D eigenvalue weighted by Gasteiger charge is 2.23. The highest BCUT2D eigenvalue weighted by molar-refractivity contribution is 5.81. The number of primary amides is 1. The van der Waals surface area contributed by atoms with Crippen LogP contribution in [0.1, 0.15) is 30.7 Å². The van der Waals surface area contributed by atoms with Gasteiger partial charge in [0.1, 0.15) is 0 Å². The first-order valence-corrected chi connectivity index (χ1v) is 6.32. The summed E-state index contributed by atoms with van der Waals surface area (Å²) in [5, 5.41) is 3.38. The molecule has 2 rings (SSSR count). The van der Waals surface area contributed by atoms with Crippen molar-refractivity contribution in [2.75, 3.05) is 13.1 Å². The van der Waals surface area contributed by atoms with E-state index in [1.54, 1.807) is 0 Å². The van der Waals surface area contributed by atoms with Gasteiger partial charge in [-0.25, -0.2) is 0 Å². The fourth-order valence-corrected chi connectivity index (χ4v) is 2.56. The minimum atomic E-state index is -0.207. The molecule has 0 aliphatic carbocycles. The van der Waals surface area contributed by atoms with E-state index in [9.17, 15) is 4.79 Å². The number of nitrogens with two attached hydrogens (primary N) is 1. The molecule has 0 bridgehead atoms. The smallest absolute Gasteiger partial charge is 0.224 e. The van der Waals surface area contributed by atoms with Crippen LogP contribution in [0, 0.1) is 5.92 Å². The minimum absolute atomic E-state index is 0.138. The number of hydrogen-bond acceptors (Lipinski definition) is 2. The second-order valence-electron chi connectivity index (χ2n) is 4.81. The zero-order valence-electron chi connectivity index (χ0n) is 10.1. The van der Waals surface area contributed by atoms with Gasteiger partial charge in [0.05, 0.1) is 5.92 Å². The van der Waals surface area contributed by atoms with Gasteiger partial charge in [-0.05, 0) is 43.8 Å². The molecule has 3 nitrogen and oxygen atoms in total. The quantitative estimate of drug-likeness (QED) is 0.829. The molecule has 1 saturated heterocycles. The molecule has 1 aromatic carbocycles. The number of carbonyl (C=O) groups is 1. The minimum Gasteiger partial charge on any atom is -0.369 e. The molecule has 3 N–H and O–H groups in total. The third-order valence-corrected chi connectivity index (χ3v) is 3.51. The second-order valence-corrected chi connectivity index (χ2v) is 4.81. The maximum Gasteiger partial charge on any atom is 0.224 e. The second kappa shape index (κ2) is 5.82. The summed E-state index contributed by atoms with van der Waals surface area (Å²) < 4.78 is 0. The van der Waals surface area contributed by atoms with E-state index in [2.05, 4.69) is 5.32 Å². The third-order valence-electron chi connectivity index (χ3n) is 3.51. The molecule has 0 aromatic heterocycles. The number of piperidine rings is 1. The average molecular weight is 232 g/mol. The largest absolute Gasteiger partial charge is 0.369 e. The SMILES string of the molecule is NC(=O)C(CC1CCCNC1)c1ccccc1. The first kappa shape index (κ1) is 12.1. The summed E-state index contributed by atoms with van der Waals surface area (Å²) in [6.45, 7) is 2.11. The molecule has 1 aliphatic heterocycles. The number of benzene rings is 1. The van der Waals surface area contributed by atoms with Gasteiger partial charge in [-0.3, -0.25) is 4.79 Å². The van der Waals surface area contributed by atoms with Crippen molar-refractivity contribution in [2.45, 2.75) is 25.2 Å². The van der Waals surface area contributed by atoms with Crippen LogP contribution >= 0.6 is 0 Å². The highest BCUT2D eigenvalue weighted by Crippen LogP contribution is 2.26. The number of rotatable bonds is 4. The van der Waals surface area contributed by atoms with Crippen molar-refractivity contribution in [3.63, 3.8) is 0 Å². The van der Waals surface area contributed by atoms with Crippen molar-refractivity contribution in [1.29, 1.82) is 0 Å². The molecule has 1 fully saturated rings. The summed E-state index contributed by atoms with van der Waals surface area (Å²) in [6.07, 6.45) is 3.26. The lowest BCUT2D eigenvalue weighted by molar-refractivity contribution is -0.119. The fourth-order valence-electron chi connectivity index (χ4n) is 2.56. The normalized spacial score (nSPS) is 22.0. The summed E-state index contributed by atoms with van der Waals surface area (Å²) in [4.78, 5) is 11.6. The molecule has 0 radical (unpaired) electrons. The molecule has 1 amide bonds. The van der Waals surface area contributed by atoms with Crippen LogP contribution in [-0.2, 0) is 4.79 Å². The summed E-state index contributed by atoms with van der Waals surface area (Å²) in [5.74, 6) is 0.226.